The van der Waals surface area contributed by atoms with Crippen molar-refractivity contribution in [1.82, 2.24) is 5.16 Å². The van der Waals surface area contributed by atoms with Crippen molar-refractivity contribution in [3.8, 4) is 0 Å². The van der Waals surface area contributed by atoms with E-state index < -0.39 is 0 Å². The van der Waals surface area contributed by atoms with Crippen molar-refractivity contribution in [2.24, 2.45) is 11.7 Å². The van der Waals surface area contributed by atoms with E-state index in [9.17, 15) is 4.79 Å². The van der Waals surface area contributed by atoms with Crippen molar-refractivity contribution >= 4 is 11.7 Å². The van der Waals surface area contributed by atoms with Gasteiger partial charge in [-0.05, 0) is 13.3 Å². The average Bonchev–Trinajstić information content (AvgIpc) is 2.53. The van der Waals surface area contributed by atoms with E-state index in [1.54, 1.807) is 13.0 Å². The molecule has 0 aromatic carbocycles. The Morgan fingerprint density at radius 3 is 2.93 bits per heavy atom. The molecule has 0 fully saturated rings. The summed E-state index contributed by atoms with van der Waals surface area (Å²) >= 11 is 0. The lowest BCUT2D eigenvalue weighted by Crippen LogP contribution is -2.28. The minimum absolute atomic E-state index is 0.108. The van der Waals surface area contributed by atoms with Gasteiger partial charge in [-0.15, -0.1) is 0 Å². The highest BCUT2D eigenvalue weighted by molar-refractivity contribution is 5.91. The number of hydrogen-bond donors (Lipinski definition) is 2. The topological polar surface area (TPSA) is 81.2 Å². The monoisotopic (exact) mass is 197 g/mol. The van der Waals surface area contributed by atoms with Crippen LogP contribution >= 0.6 is 0 Å². The molecular weight excluding hydrogens is 182 g/mol. The van der Waals surface area contributed by atoms with Crippen molar-refractivity contribution in [3.63, 3.8) is 0 Å². The number of nitrogens with two attached hydrogens (primary N) is 1. The summed E-state index contributed by atoms with van der Waals surface area (Å²) in [6.45, 7) is 4.03. The highest BCUT2D eigenvalue weighted by atomic mass is 16.5. The van der Waals surface area contributed by atoms with Gasteiger partial charge in [0.15, 0.2) is 5.82 Å². The summed E-state index contributed by atoms with van der Waals surface area (Å²) in [5, 5.41) is 6.30. The van der Waals surface area contributed by atoms with E-state index in [1.165, 1.54) is 0 Å². The number of aromatic nitrogens is 1. The highest BCUT2D eigenvalue weighted by Gasteiger charge is 2.15. The van der Waals surface area contributed by atoms with Crippen LogP contribution in [0, 0.1) is 12.8 Å². The molecular formula is C9H15N3O2. The standard InChI is InChI=1S/C9H15N3O2/c1-3-7(5-10)9(13)11-8-4-6(2)14-12-8/h4,7H,3,5,10H2,1-2H3,(H,11,12,13). The van der Waals surface area contributed by atoms with Crippen molar-refractivity contribution < 1.29 is 9.32 Å². The Hall–Kier alpha value is -1.36. The normalized spacial score (nSPS) is 12.5. The number of carbonyl (C=O) groups is 1. The number of amides is 1. The van der Waals surface area contributed by atoms with Crippen molar-refractivity contribution in [2.45, 2.75) is 20.3 Å². The minimum atomic E-state index is -0.160. The molecule has 1 rings (SSSR count). The molecule has 0 spiro atoms. The van der Waals surface area contributed by atoms with Gasteiger partial charge in [0.05, 0.1) is 5.92 Å². The van der Waals surface area contributed by atoms with Gasteiger partial charge in [0.2, 0.25) is 5.91 Å². The Kier molecular flexibility index (Phi) is 3.64. The van der Waals surface area contributed by atoms with Crippen molar-refractivity contribution in [2.75, 3.05) is 11.9 Å². The first-order chi connectivity index (χ1) is 6.67. The van der Waals surface area contributed by atoms with Gasteiger partial charge >= 0.3 is 0 Å². The van der Waals surface area contributed by atoms with Gasteiger partial charge in [-0.3, -0.25) is 4.79 Å². The second-order valence-electron chi connectivity index (χ2n) is 3.15. The second kappa shape index (κ2) is 4.76. The first-order valence-corrected chi connectivity index (χ1v) is 4.61. The smallest absolute Gasteiger partial charge is 0.229 e. The molecule has 78 valence electrons. The number of carbonyl (C=O) groups excluding carboxylic acids is 1. The molecule has 5 heteroatoms. The van der Waals surface area contributed by atoms with Crippen LogP contribution in [-0.4, -0.2) is 17.6 Å². The van der Waals surface area contributed by atoms with E-state index in [1.807, 2.05) is 6.92 Å². The maximum atomic E-state index is 11.5. The van der Waals surface area contributed by atoms with Crippen LogP contribution in [0.25, 0.3) is 0 Å². The fourth-order valence-corrected chi connectivity index (χ4v) is 1.11. The zero-order valence-electron chi connectivity index (χ0n) is 8.41. The zero-order chi connectivity index (χ0) is 10.6. The van der Waals surface area contributed by atoms with Crippen LogP contribution in [0.2, 0.25) is 0 Å². The average molecular weight is 197 g/mol. The number of aryl methyl sites for hydroxylation is 1. The first-order valence-electron chi connectivity index (χ1n) is 4.61. The molecule has 1 heterocycles. The third-order valence-electron chi connectivity index (χ3n) is 2.03. The van der Waals surface area contributed by atoms with Gasteiger partial charge in [-0.25, -0.2) is 0 Å². The summed E-state index contributed by atoms with van der Waals surface area (Å²) < 4.78 is 4.82. The van der Waals surface area contributed by atoms with E-state index in [-0.39, 0.29) is 11.8 Å². The Balaban J connectivity index is 2.56. The largest absolute Gasteiger partial charge is 0.360 e. The van der Waals surface area contributed by atoms with Crippen LogP contribution in [0.1, 0.15) is 19.1 Å². The summed E-state index contributed by atoms with van der Waals surface area (Å²) in [5.74, 6) is 0.843. The fraction of sp³-hybridized carbons (Fsp3) is 0.556. The molecule has 1 atom stereocenters. The van der Waals surface area contributed by atoms with Crippen LogP contribution in [0.4, 0.5) is 5.82 Å². The van der Waals surface area contributed by atoms with Gasteiger partial charge in [0.25, 0.3) is 0 Å². The molecule has 0 bridgehead atoms. The van der Waals surface area contributed by atoms with Gasteiger partial charge < -0.3 is 15.6 Å². The number of anilines is 1. The molecule has 0 saturated carbocycles. The quantitative estimate of drug-likeness (QED) is 0.751. The Bertz CT molecular complexity index is 305. The van der Waals surface area contributed by atoms with E-state index >= 15 is 0 Å². The Morgan fingerprint density at radius 2 is 2.50 bits per heavy atom. The highest BCUT2D eigenvalue weighted by Crippen LogP contribution is 2.09. The number of nitrogens with zero attached hydrogens (tertiary/aromatic N) is 1. The lowest BCUT2D eigenvalue weighted by molar-refractivity contribution is -0.119. The number of nitrogens with one attached hydrogen (secondary N) is 1. The number of hydrogen-bond acceptors (Lipinski definition) is 4. The van der Waals surface area contributed by atoms with Gasteiger partial charge in [0.1, 0.15) is 5.76 Å². The van der Waals surface area contributed by atoms with E-state index in [2.05, 4.69) is 10.5 Å². The van der Waals surface area contributed by atoms with Crippen LogP contribution in [0.3, 0.4) is 0 Å². The van der Waals surface area contributed by atoms with Crippen LogP contribution < -0.4 is 11.1 Å². The molecule has 0 aliphatic carbocycles. The fourth-order valence-electron chi connectivity index (χ4n) is 1.11. The lowest BCUT2D eigenvalue weighted by atomic mass is 10.1. The Morgan fingerprint density at radius 1 is 1.79 bits per heavy atom. The second-order valence-corrected chi connectivity index (χ2v) is 3.15. The van der Waals surface area contributed by atoms with Crippen LogP contribution in [0.5, 0.6) is 0 Å². The van der Waals surface area contributed by atoms with Crippen LogP contribution in [0.15, 0.2) is 10.6 Å². The molecule has 1 amide bonds. The molecule has 1 unspecified atom stereocenters. The maximum Gasteiger partial charge on any atom is 0.229 e. The van der Waals surface area contributed by atoms with Crippen molar-refractivity contribution in [3.05, 3.63) is 11.8 Å². The molecule has 1 aromatic heterocycles. The molecule has 1 aromatic rings. The summed E-state index contributed by atoms with van der Waals surface area (Å²) in [7, 11) is 0. The molecule has 5 nitrogen and oxygen atoms in total. The van der Waals surface area contributed by atoms with Crippen molar-refractivity contribution in [1.29, 1.82) is 0 Å². The van der Waals surface area contributed by atoms with E-state index in [4.69, 9.17) is 10.3 Å². The summed E-state index contributed by atoms with van der Waals surface area (Å²) in [6, 6.07) is 1.67. The lowest BCUT2D eigenvalue weighted by Gasteiger charge is -2.09. The number of rotatable bonds is 4. The van der Waals surface area contributed by atoms with Crippen LogP contribution in [-0.2, 0) is 4.79 Å². The van der Waals surface area contributed by atoms with Gasteiger partial charge in [-0.1, -0.05) is 12.1 Å². The summed E-state index contributed by atoms with van der Waals surface area (Å²) in [5.41, 5.74) is 5.44. The molecule has 0 aliphatic heterocycles. The maximum absolute atomic E-state index is 11.5. The predicted octanol–water partition coefficient (Wildman–Crippen LogP) is 0.906. The summed E-state index contributed by atoms with van der Waals surface area (Å²) in [6.07, 6.45) is 0.721. The van der Waals surface area contributed by atoms with E-state index in [0.29, 0.717) is 18.1 Å². The SMILES string of the molecule is CCC(CN)C(=O)Nc1cc(C)on1. The van der Waals surface area contributed by atoms with E-state index in [0.717, 1.165) is 6.42 Å². The molecule has 14 heavy (non-hydrogen) atoms. The third-order valence-corrected chi connectivity index (χ3v) is 2.03. The molecule has 0 saturated heterocycles. The predicted molar refractivity (Wildman–Crippen MR) is 52.7 cm³/mol. The van der Waals surface area contributed by atoms with Gasteiger partial charge in [-0.2, -0.15) is 0 Å². The molecule has 0 aliphatic rings. The first kappa shape index (κ1) is 10.7. The zero-order valence-corrected chi connectivity index (χ0v) is 8.41. The third kappa shape index (κ3) is 2.56. The molecule has 3 N–H and O–H groups in total. The van der Waals surface area contributed by atoms with Gasteiger partial charge in [0, 0.05) is 12.6 Å². The molecule has 0 radical (unpaired) electrons. The summed E-state index contributed by atoms with van der Waals surface area (Å²) in [4.78, 5) is 11.5. The Labute approximate surface area is 82.6 Å². The minimum Gasteiger partial charge on any atom is -0.360 e.